The molecule has 0 aliphatic carbocycles. The number of imidazole rings is 1. The number of hydrogen-bond donors (Lipinski definition) is 1. The summed E-state index contributed by atoms with van der Waals surface area (Å²) in [6.07, 6.45) is 1.81. The Morgan fingerprint density at radius 1 is 0.950 bits per heavy atom. The third-order valence-corrected chi connectivity index (χ3v) is 3.81. The van der Waals surface area contributed by atoms with E-state index in [1.165, 1.54) is 0 Å². The average molecular weight is 324 g/mol. The van der Waals surface area contributed by atoms with Crippen LogP contribution in [0.3, 0.4) is 0 Å². The fraction of sp³-hybridized carbons (Fsp3) is 0. The molecule has 0 radical (unpaired) electrons. The van der Waals surface area contributed by atoms with E-state index in [0.717, 1.165) is 37.8 Å². The maximum atomic E-state index is 4.63. The number of nitrogens with one attached hydrogen (secondary N) is 1. The molecule has 2 aromatic heterocycles. The summed E-state index contributed by atoms with van der Waals surface area (Å²) in [5, 5.41) is 1.12. The molecule has 4 aromatic rings. The Labute approximate surface area is 123 Å². The molecular formula is C16H10BrN3. The van der Waals surface area contributed by atoms with Gasteiger partial charge in [0.05, 0.1) is 16.6 Å². The van der Waals surface area contributed by atoms with E-state index >= 15 is 0 Å². The van der Waals surface area contributed by atoms with Crippen molar-refractivity contribution in [3.05, 3.63) is 59.2 Å². The Bertz CT molecular complexity index is 927. The van der Waals surface area contributed by atoms with Crippen molar-refractivity contribution in [3.8, 4) is 11.4 Å². The molecule has 2 aromatic carbocycles. The van der Waals surface area contributed by atoms with Crippen molar-refractivity contribution >= 4 is 37.9 Å². The van der Waals surface area contributed by atoms with Crippen LogP contribution in [0.4, 0.5) is 0 Å². The van der Waals surface area contributed by atoms with Crippen LogP contribution < -0.4 is 0 Å². The Balaban J connectivity index is 1.91. The van der Waals surface area contributed by atoms with Crippen LogP contribution in [0.5, 0.6) is 0 Å². The average Bonchev–Trinajstić information content (AvgIpc) is 2.89. The molecular weight excluding hydrogens is 314 g/mol. The number of halogens is 1. The zero-order chi connectivity index (χ0) is 13.5. The van der Waals surface area contributed by atoms with Gasteiger partial charge in [-0.2, -0.15) is 0 Å². The van der Waals surface area contributed by atoms with Gasteiger partial charge in [0, 0.05) is 21.6 Å². The van der Waals surface area contributed by atoms with Gasteiger partial charge in [-0.25, -0.2) is 4.98 Å². The minimum absolute atomic E-state index is 0.879. The molecule has 96 valence electrons. The molecule has 0 unspecified atom stereocenters. The molecule has 0 saturated heterocycles. The van der Waals surface area contributed by atoms with Gasteiger partial charge < -0.3 is 4.98 Å². The monoisotopic (exact) mass is 323 g/mol. The molecule has 0 aliphatic heterocycles. The third kappa shape index (κ3) is 1.89. The summed E-state index contributed by atoms with van der Waals surface area (Å²) < 4.78 is 1.04. The predicted octanol–water partition coefficient (Wildman–Crippen LogP) is 4.54. The lowest BCUT2D eigenvalue weighted by Gasteiger charge is -1.99. The first-order valence-corrected chi connectivity index (χ1v) is 7.09. The van der Waals surface area contributed by atoms with Gasteiger partial charge in [-0.1, -0.05) is 22.0 Å². The molecule has 0 fully saturated rings. The van der Waals surface area contributed by atoms with Crippen LogP contribution >= 0.6 is 15.9 Å². The van der Waals surface area contributed by atoms with Crippen molar-refractivity contribution in [2.24, 2.45) is 0 Å². The van der Waals surface area contributed by atoms with E-state index in [4.69, 9.17) is 0 Å². The third-order valence-electron chi connectivity index (χ3n) is 3.32. The van der Waals surface area contributed by atoms with E-state index in [9.17, 15) is 0 Å². The van der Waals surface area contributed by atoms with Gasteiger partial charge in [0.15, 0.2) is 0 Å². The summed E-state index contributed by atoms with van der Waals surface area (Å²) in [6, 6.07) is 16.2. The predicted molar refractivity (Wildman–Crippen MR) is 84.5 cm³/mol. The largest absolute Gasteiger partial charge is 0.338 e. The number of fused-ring (bicyclic) bond motifs is 2. The summed E-state index contributed by atoms with van der Waals surface area (Å²) >= 11 is 3.47. The fourth-order valence-corrected chi connectivity index (χ4v) is 2.70. The Morgan fingerprint density at radius 2 is 1.85 bits per heavy atom. The molecule has 1 N–H and O–H groups in total. The van der Waals surface area contributed by atoms with Crippen LogP contribution in [-0.2, 0) is 0 Å². The van der Waals surface area contributed by atoms with Gasteiger partial charge in [0.25, 0.3) is 0 Å². The molecule has 2 heterocycles. The number of rotatable bonds is 1. The lowest BCUT2D eigenvalue weighted by molar-refractivity contribution is 1.33. The highest BCUT2D eigenvalue weighted by Crippen LogP contribution is 2.25. The SMILES string of the molecule is Brc1ccc2nc(-c3ccc4ncccc4c3)[nH]c2c1. The number of hydrogen-bond acceptors (Lipinski definition) is 2. The van der Waals surface area contributed by atoms with E-state index < -0.39 is 0 Å². The van der Waals surface area contributed by atoms with Crippen molar-refractivity contribution in [1.29, 1.82) is 0 Å². The van der Waals surface area contributed by atoms with Gasteiger partial charge in [0.1, 0.15) is 5.82 Å². The van der Waals surface area contributed by atoms with Crippen LogP contribution in [0.1, 0.15) is 0 Å². The van der Waals surface area contributed by atoms with Crippen LogP contribution in [0, 0.1) is 0 Å². The molecule has 3 nitrogen and oxygen atoms in total. The molecule has 4 rings (SSSR count). The van der Waals surface area contributed by atoms with Crippen LogP contribution in [-0.4, -0.2) is 15.0 Å². The highest BCUT2D eigenvalue weighted by Gasteiger charge is 2.06. The summed E-state index contributed by atoms with van der Waals surface area (Å²) in [5.74, 6) is 0.879. The van der Waals surface area contributed by atoms with Gasteiger partial charge in [-0.3, -0.25) is 4.98 Å². The molecule has 0 amide bonds. The number of nitrogens with zero attached hydrogens (tertiary/aromatic N) is 2. The second-order valence-electron chi connectivity index (χ2n) is 4.66. The van der Waals surface area contributed by atoms with Crippen molar-refractivity contribution in [3.63, 3.8) is 0 Å². The maximum absolute atomic E-state index is 4.63. The number of pyridine rings is 1. The summed E-state index contributed by atoms with van der Waals surface area (Å²) in [6.45, 7) is 0. The topological polar surface area (TPSA) is 41.6 Å². The summed E-state index contributed by atoms with van der Waals surface area (Å²) in [4.78, 5) is 12.3. The highest BCUT2D eigenvalue weighted by atomic mass is 79.9. The lowest BCUT2D eigenvalue weighted by atomic mass is 10.1. The smallest absolute Gasteiger partial charge is 0.138 e. The normalized spacial score (nSPS) is 11.2. The summed E-state index contributed by atoms with van der Waals surface area (Å²) in [5.41, 5.74) is 4.06. The molecule has 0 aliphatic rings. The van der Waals surface area contributed by atoms with Crippen LogP contribution in [0.15, 0.2) is 59.2 Å². The van der Waals surface area contributed by atoms with Gasteiger partial charge >= 0.3 is 0 Å². The standard InChI is InChI=1S/C16H10BrN3/c17-12-4-6-14-15(9-12)20-16(19-14)11-3-5-13-10(8-11)2-1-7-18-13/h1-9H,(H,19,20). The minimum Gasteiger partial charge on any atom is -0.338 e. The Kier molecular flexibility index (Phi) is 2.57. The molecule has 0 saturated carbocycles. The van der Waals surface area contributed by atoms with Crippen molar-refractivity contribution < 1.29 is 0 Å². The Hall–Kier alpha value is -2.20. The number of aromatic nitrogens is 3. The van der Waals surface area contributed by atoms with Gasteiger partial charge in [-0.15, -0.1) is 0 Å². The van der Waals surface area contributed by atoms with Gasteiger partial charge in [0.2, 0.25) is 0 Å². The van der Waals surface area contributed by atoms with E-state index in [0.29, 0.717) is 0 Å². The highest BCUT2D eigenvalue weighted by molar-refractivity contribution is 9.10. The molecule has 20 heavy (non-hydrogen) atoms. The fourth-order valence-electron chi connectivity index (χ4n) is 2.34. The van der Waals surface area contributed by atoms with Crippen molar-refractivity contribution in [2.45, 2.75) is 0 Å². The second-order valence-corrected chi connectivity index (χ2v) is 5.57. The minimum atomic E-state index is 0.879. The Morgan fingerprint density at radius 3 is 2.80 bits per heavy atom. The number of benzene rings is 2. The van der Waals surface area contributed by atoms with Gasteiger partial charge in [-0.05, 0) is 42.5 Å². The van der Waals surface area contributed by atoms with E-state index in [1.54, 1.807) is 6.20 Å². The van der Waals surface area contributed by atoms with Crippen LogP contribution in [0.2, 0.25) is 0 Å². The maximum Gasteiger partial charge on any atom is 0.138 e. The van der Waals surface area contributed by atoms with E-state index in [-0.39, 0.29) is 0 Å². The van der Waals surface area contributed by atoms with E-state index in [2.05, 4.69) is 43.0 Å². The van der Waals surface area contributed by atoms with Crippen molar-refractivity contribution in [2.75, 3.05) is 0 Å². The first-order valence-electron chi connectivity index (χ1n) is 6.30. The molecule has 0 spiro atoms. The number of aromatic amines is 1. The number of H-pyrrole nitrogens is 1. The first kappa shape index (κ1) is 11.6. The summed E-state index contributed by atoms with van der Waals surface area (Å²) in [7, 11) is 0. The zero-order valence-corrected chi connectivity index (χ0v) is 12.1. The van der Waals surface area contributed by atoms with Crippen LogP contribution in [0.25, 0.3) is 33.3 Å². The molecule has 0 bridgehead atoms. The first-order chi connectivity index (χ1) is 9.79. The molecule has 4 heteroatoms. The molecule has 0 atom stereocenters. The van der Waals surface area contributed by atoms with Crippen molar-refractivity contribution in [1.82, 2.24) is 15.0 Å². The second kappa shape index (κ2) is 4.42. The van der Waals surface area contributed by atoms with E-state index in [1.807, 2.05) is 36.4 Å². The lowest BCUT2D eigenvalue weighted by Crippen LogP contribution is -1.82. The zero-order valence-electron chi connectivity index (χ0n) is 10.5. The quantitative estimate of drug-likeness (QED) is 0.558.